The maximum Gasteiger partial charge on any atom is 0.315 e. The van der Waals surface area contributed by atoms with Gasteiger partial charge in [-0.3, -0.25) is 4.79 Å². The van der Waals surface area contributed by atoms with Gasteiger partial charge in [-0.15, -0.1) is 0 Å². The highest BCUT2D eigenvalue weighted by atomic mass is 16.5. The fourth-order valence-corrected chi connectivity index (χ4v) is 3.42. The molecule has 0 bridgehead atoms. The molecule has 2 amide bonds. The van der Waals surface area contributed by atoms with Crippen LogP contribution in [0.1, 0.15) is 44.3 Å². The topological polar surface area (TPSA) is 96.9 Å². The van der Waals surface area contributed by atoms with E-state index in [4.69, 9.17) is 14.6 Å². The van der Waals surface area contributed by atoms with E-state index in [1.54, 1.807) is 14.2 Å². The second kappa shape index (κ2) is 9.43. The van der Waals surface area contributed by atoms with Gasteiger partial charge in [0, 0.05) is 13.2 Å². The normalized spacial score (nSPS) is 22.1. The molecule has 7 heteroatoms. The molecule has 1 aliphatic carbocycles. The standard InChI is InChI=1S/C19H28N2O5/c1-12(17(26-3)13-6-10-16(25-2)11-7-13)20-19(24)21-15-8-4-14(5-9-15)18(22)23/h6-7,10-12,14-15,17H,4-5,8-9H2,1-3H3,(H,22,23)(H2,20,21,24). The van der Waals surface area contributed by atoms with Crippen LogP contribution in [-0.2, 0) is 9.53 Å². The fourth-order valence-electron chi connectivity index (χ4n) is 3.42. The molecule has 1 fully saturated rings. The summed E-state index contributed by atoms with van der Waals surface area (Å²) in [6.07, 6.45) is 2.29. The molecule has 0 aromatic heterocycles. The van der Waals surface area contributed by atoms with Crippen LogP contribution in [0.3, 0.4) is 0 Å². The average Bonchev–Trinajstić information content (AvgIpc) is 2.63. The zero-order valence-electron chi connectivity index (χ0n) is 15.5. The van der Waals surface area contributed by atoms with Crippen LogP contribution in [-0.4, -0.2) is 43.4 Å². The van der Waals surface area contributed by atoms with Gasteiger partial charge in [-0.2, -0.15) is 0 Å². The monoisotopic (exact) mass is 364 g/mol. The molecule has 2 atom stereocenters. The Morgan fingerprint density at radius 2 is 1.73 bits per heavy atom. The van der Waals surface area contributed by atoms with E-state index in [1.807, 2.05) is 31.2 Å². The molecule has 2 unspecified atom stereocenters. The molecule has 1 aromatic rings. The Kier molecular flexibility index (Phi) is 7.26. The predicted octanol–water partition coefficient (Wildman–Crippen LogP) is 2.71. The first-order chi connectivity index (χ1) is 12.4. The van der Waals surface area contributed by atoms with E-state index in [1.165, 1.54) is 0 Å². The van der Waals surface area contributed by atoms with E-state index >= 15 is 0 Å². The van der Waals surface area contributed by atoms with Crippen LogP contribution in [0.25, 0.3) is 0 Å². The smallest absolute Gasteiger partial charge is 0.315 e. The predicted molar refractivity (Wildman–Crippen MR) is 97.3 cm³/mol. The van der Waals surface area contributed by atoms with Crippen molar-refractivity contribution in [2.24, 2.45) is 5.92 Å². The highest BCUT2D eigenvalue weighted by Gasteiger charge is 2.27. The second-order valence-electron chi connectivity index (χ2n) is 6.72. The molecule has 0 spiro atoms. The molecule has 7 nitrogen and oxygen atoms in total. The Bertz CT molecular complexity index is 596. The quantitative estimate of drug-likeness (QED) is 0.691. The van der Waals surface area contributed by atoms with Crippen molar-refractivity contribution in [2.75, 3.05) is 14.2 Å². The van der Waals surface area contributed by atoms with E-state index in [2.05, 4.69) is 10.6 Å². The number of rotatable bonds is 7. The van der Waals surface area contributed by atoms with Crippen LogP contribution >= 0.6 is 0 Å². The SMILES string of the molecule is COc1ccc(C(OC)C(C)NC(=O)NC2CCC(C(=O)O)CC2)cc1. The molecule has 0 aliphatic heterocycles. The van der Waals surface area contributed by atoms with Crippen molar-refractivity contribution in [1.82, 2.24) is 10.6 Å². The lowest BCUT2D eigenvalue weighted by Crippen LogP contribution is -2.48. The Hall–Kier alpha value is -2.28. The van der Waals surface area contributed by atoms with Gasteiger partial charge in [0.1, 0.15) is 11.9 Å². The third kappa shape index (κ3) is 5.36. The van der Waals surface area contributed by atoms with Gasteiger partial charge >= 0.3 is 12.0 Å². The van der Waals surface area contributed by atoms with Gasteiger partial charge in [0.25, 0.3) is 0 Å². The first kappa shape index (κ1) is 20.0. The van der Waals surface area contributed by atoms with Crippen molar-refractivity contribution in [3.8, 4) is 5.75 Å². The first-order valence-corrected chi connectivity index (χ1v) is 8.91. The van der Waals surface area contributed by atoms with Crippen LogP contribution < -0.4 is 15.4 Å². The van der Waals surface area contributed by atoms with E-state index in [-0.39, 0.29) is 30.1 Å². The molecular weight excluding hydrogens is 336 g/mol. The number of carboxylic acid groups (broad SMARTS) is 1. The molecule has 144 valence electrons. The van der Waals surface area contributed by atoms with E-state index in [0.717, 1.165) is 11.3 Å². The number of amides is 2. The van der Waals surface area contributed by atoms with E-state index in [9.17, 15) is 9.59 Å². The lowest BCUT2D eigenvalue weighted by Gasteiger charge is -2.29. The summed E-state index contributed by atoms with van der Waals surface area (Å²) in [5.41, 5.74) is 0.947. The lowest BCUT2D eigenvalue weighted by atomic mass is 9.86. The largest absolute Gasteiger partial charge is 0.497 e. The fraction of sp³-hybridized carbons (Fsp3) is 0.579. The molecule has 0 heterocycles. The van der Waals surface area contributed by atoms with Gasteiger partial charge < -0.3 is 25.2 Å². The van der Waals surface area contributed by atoms with Crippen molar-refractivity contribution in [1.29, 1.82) is 0 Å². The summed E-state index contributed by atoms with van der Waals surface area (Å²) in [5, 5.41) is 14.9. The highest BCUT2D eigenvalue weighted by molar-refractivity contribution is 5.75. The minimum atomic E-state index is -0.746. The molecule has 0 saturated heterocycles. The number of carbonyl (C=O) groups excluding carboxylic acids is 1. The van der Waals surface area contributed by atoms with Crippen molar-refractivity contribution >= 4 is 12.0 Å². The summed E-state index contributed by atoms with van der Waals surface area (Å²) in [4.78, 5) is 23.3. The third-order valence-corrected chi connectivity index (χ3v) is 4.92. The summed E-state index contributed by atoms with van der Waals surface area (Å²) < 4.78 is 10.7. The van der Waals surface area contributed by atoms with E-state index in [0.29, 0.717) is 25.7 Å². The molecule has 2 rings (SSSR count). The molecule has 3 N–H and O–H groups in total. The number of methoxy groups -OCH3 is 2. The summed E-state index contributed by atoms with van der Waals surface area (Å²) in [6.45, 7) is 1.89. The second-order valence-corrected chi connectivity index (χ2v) is 6.72. The van der Waals surface area contributed by atoms with Crippen LogP contribution in [0.4, 0.5) is 4.79 Å². The number of urea groups is 1. The number of benzene rings is 1. The van der Waals surface area contributed by atoms with Crippen molar-refractivity contribution in [3.05, 3.63) is 29.8 Å². The highest BCUT2D eigenvalue weighted by Crippen LogP contribution is 2.25. The number of hydrogen-bond acceptors (Lipinski definition) is 4. The minimum absolute atomic E-state index is 0.0137. The number of ether oxygens (including phenoxy) is 2. The molecule has 0 radical (unpaired) electrons. The average molecular weight is 364 g/mol. The maximum absolute atomic E-state index is 12.3. The summed E-state index contributed by atoms with van der Waals surface area (Å²) >= 11 is 0. The number of nitrogens with one attached hydrogen (secondary N) is 2. The number of aliphatic carboxylic acids is 1. The van der Waals surface area contributed by atoms with Gasteiger partial charge in [0.15, 0.2) is 0 Å². The third-order valence-electron chi connectivity index (χ3n) is 4.92. The zero-order valence-corrected chi connectivity index (χ0v) is 15.5. The molecule has 1 saturated carbocycles. The number of carbonyl (C=O) groups is 2. The van der Waals surface area contributed by atoms with Crippen LogP contribution in [0, 0.1) is 5.92 Å². The van der Waals surface area contributed by atoms with Gasteiger partial charge in [-0.25, -0.2) is 4.79 Å². The van der Waals surface area contributed by atoms with Gasteiger partial charge in [-0.1, -0.05) is 12.1 Å². The van der Waals surface area contributed by atoms with Crippen molar-refractivity contribution < 1.29 is 24.2 Å². The summed E-state index contributed by atoms with van der Waals surface area (Å²) in [5.74, 6) is -0.272. The maximum atomic E-state index is 12.3. The van der Waals surface area contributed by atoms with Gasteiger partial charge in [-0.05, 0) is 50.3 Å². The zero-order chi connectivity index (χ0) is 19.1. The summed E-state index contributed by atoms with van der Waals surface area (Å²) in [7, 11) is 3.22. The van der Waals surface area contributed by atoms with Crippen LogP contribution in [0.15, 0.2) is 24.3 Å². The Morgan fingerprint density at radius 1 is 1.12 bits per heavy atom. The number of hydrogen-bond donors (Lipinski definition) is 3. The lowest BCUT2D eigenvalue weighted by molar-refractivity contribution is -0.142. The van der Waals surface area contributed by atoms with Gasteiger partial charge in [0.05, 0.1) is 19.1 Å². The Labute approximate surface area is 154 Å². The molecule has 1 aromatic carbocycles. The molecule has 26 heavy (non-hydrogen) atoms. The Balaban J connectivity index is 1.85. The van der Waals surface area contributed by atoms with Crippen LogP contribution in [0.2, 0.25) is 0 Å². The van der Waals surface area contributed by atoms with Crippen molar-refractivity contribution in [3.63, 3.8) is 0 Å². The summed E-state index contributed by atoms with van der Waals surface area (Å²) in [6, 6.07) is 7.06. The molecule has 1 aliphatic rings. The van der Waals surface area contributed by atoms with E-state index < -0.39 is 5.97 Å². The Morgan fingerprint density at radius 3 is 2.23 bits per heavy atom. The van der Waals surface area contributed by atoms with Crippen molar-refractivity contribution in [2.45, 2.75) is 50.8 Å². The van der Waals surface area contributed by atoms with Crippen LogP contribution in [0.5, 0.6) is 5.75 Å². The van der Waals surface area contributed by atoms with Gasteiger partial charge in [0.2, 0.25) is 0 Å². The number of carboxylic acids is 1. The minimum Gasteiger partial charge on any atom is -0.497 e. The molecular formula is C19H28N2O5. The first-order valence-electron chi connectivity index (χ1n) is 8.91.